The lowest BCUT2D eigenvalue weighted by Gasteiger charge is -2.19. The summed E-state index contributed by atoms with van der Waals surface area (Å²) in [6.07, 6.45) is 0.708. The van der Waals surface area contributed by atoms with Gasteiger partial charge in [-0.3, -0.25) is 0 Å². The van der Waals surface area contributed by atoms with Crippen molar-refractivity contribution in [2.24, 2.45) is 0 Å². The van der Waals surface area contributed by atoms with Crippen molar-refractivity contribution in [1.29, 1.82) is 0 Å². The van der Waals surface area contributed by atoms with E-state index < -0.39 is 5.60 Å². The molecule has 0 aliphatic carbocycles. The number of nitrogens with two attached hydrogens (primary N) is 1. The Labute approximate surface area is 81.1 Å². The molecule has 0 aliphatic heterocycles. The number of hydrogen-bond donors (Lipinski definition) is 3. The Morgan fingerprint density at radius 3 is 2.85 bits per heavy atom. The fourth-order valence-corrected chi connectivity index (χ4v) is 1.56. The summed E-state index contributed by atoms with van der Waals surface area (Å²) in [7, 11) is 0. The van der Waals surface area contributed by atoms with Crippen LogP contribution in [-0.4, -0.2) is 31.6 Å². The number of H-pyrrole nitrogens is 1. The molecule has 1 heterocycles. The van der Waals surface area contributed by atoms with Gasteiger partial charge in [-0.2, -0.15) is 4.98 Å². The number of nitrogen functional groups attached to an aromatic ring is 1. The zero-order valence-corrected chi connectivity index (χ0v) is 8.56. The molecule has 0 aromatic carbocycles. The van der Waals surface area contributed by atoms with E-state index in [-0.39, 0.29) is 0 Å². The molecule has 5 nitrogen and oxygen atoms in total. The number of aromatic nitrogens is 3. The predicted octanol–water partition coefficient (Wildman–Crippen LogP) is 0.640. The molecule has 0 saturated carbocycles. The van der Waals surface area contributed by atoms with Gasteiger partial charge in [-0.25, -0.2) is 5.10 Å². The van der Waals surface area contributed by atoms with Gasteiger partial charge < -0.3 is 10.8 Å². The van der Waals surface area contributed by atoms with E-state index in [1.165, 1.54) is 11.8 Å². The summed E-state index contributed by atoms with van der Waals surface area (Å²) < 4.78 is 0. The van der Waals surface area contributed by atoms with Crippen LogP contribution in [0.25, 0.3) is 0 Å². The molecular weight excluding hydrogens is 188 g/mol. The molecule has 0 radical (unpaired) electrons. The van der Waals surface area contributed by atoms with Gasteiger partial charge in [-0.1, -0.05) is 18.7 Å². The standard InChI is InChI=1S/C7H14N4OS/c1-3-7(2,12)4-13-6-9-5(8)10-11-6/h12H,3-4H2,1-2H3,(H3,8,9,10,11). The molecule has 1 aromatic rings. The number of aromatic amines is 1. The van der Waals surface area contributed by atoms with E-state index in [1.54, 1.807) is 6.92 Å². The number of nitrogens with zero attached hydrogens (tertiary/aromatic N) is 2. The van der Waals surface area contributed by atoms with Gasteiger partial charge in [-0.05, 0) is 13.3 Å². The molecule has 1 atom stereocenters. The van der Waals surface area contributed by atoms with E-state index in [0.717, 1.165) is 0 Å². The molecular formula is C7H14N4OS. The third-order valence-corrected chi connectivity index (χ3v) is 2.96. The summed E-state index contributed by atoms with van der Waals surface area (Å²) in [4.78, 5) is 3.91. The van der Waals surface area contributed by atoms with Gasteiger partial charge in [0.2, 0.25) is 11.1 Å². The van der Waals surface area contributed by atoms with E-state index in [2.05, 4.69) is 15.2 Å². The van der Waals surface area contributed by atoms with E-state index in [0.29, 0.717) is 23.3 Å². The first-order valence-corrected chi connectivity index (χ1v) is 5.05. The highest BCUT2D eigenvalue weighted by molar-refractivity contribution is 7.99. The SMILES string of the molecule is CCC(C)(O)CSc1n[nH]c(N)n1. The van der Waals surface area contributed by atoms with Crippen molar-refractivity contribution in [2.45, 2.75) is 31.0 Å². The summed E-state index contributed by atoms with van der Waals surface area (Å²) in [6.45, 7) is 3.73. The van der Waals surface area contributed by atoms with E-state index in [9.17, 15) is 5.11 Å². The number of rotatable bonds is 4. The Kier molecular flexibility index (Phi) is 3.16. The van der Waals surface area contributed by atoms with Crippen LogP contribution >= 0.6 is 11.8 Å². The van der Waals surface area contributed by atoms with Crippen LogP contribution in [-0.2, 0) is 0 Å². The molecule has 1 unspecified atom stereocenters. The average molecular weight is 202 g/mol. The van der Waals surface area contributed by atoms with Gasteiger partial charge in [0.15, 0.2) is 0 Å². The summed E-state index contributed by atoms with van der Waals surface area (Å²) in [5.74, 6) is 0.875. The Bertz CT molecular complexity index is 273. The first kappa shape index (κ1) is 10.3. The highest BCUT2D eigenvalue weighted by Gasteiger charge is 2.18. The lowest BCUT2D eigenvalue weighted by atomic mass is 10.1. The minimum Gasteiger partial charge on any atom is -0.389 e. The summed E-state index contributed by atoms with van der Waals surface area (Å²) in [6, 6.07) is 0. The van der Waals surface area contributed by atoms with Crippen molar-refractivity contribution in [3.05, 3.63) is 0 Å². The van der Waals surface area contributed by atoms with E-state index in [1.807, 2.05) is 6.92 Å². The molecule has 0 amide bonds. The largest absolute Gasteiger partial charge is 0.389 e. The van der Waals surface area contributed by atoms with Crippen molar-refractivity contribution < 1.29 is 5.11 Å². The Morgan fingerprint density at radius 2 is 2.38 bits per heavy atom. The fourth-order valence-electron chi connectivity index (χ4n) is 0.645. The van der Waals surface area contributed by atoms with Crippen molar-refractivity contribution in [1.82, 2.24) is 15.2 Å². The van der Waals surface area contributed by atoms with Gasteiger partial charge in [0.1, 0.15) is 0 Å². The monoisotopic (exact) mass is 202 g/mol. The van der Waals surface area contributed by atoms with Crippen LogP contribution in [0.1, 0.15) is 20.3 Å². The second-order valence-electron chi connectivity index (χ2n) is 3.14. The Morgan fingerprint density at radius 1 is 1.69 bits per heavy atom. The number of anilines is 1. The third kappa shape index (κ3) is 3.23. The van der Waals surface area contributed by atoms with Crippen LogP contribution in [0.2, 0.25) is 0 Å². The Hall–Kier alpha value is -0.750. The molecule has 6 heteroatoms. The maximum atomic E-state index is 9.67. The second-order valence-corrected chi connectivity index (χ2v) is 4.08. The van der Waals surface area contributed by atoms with Crippen molar-refractivity contribution in [2.75, 3.05) is 11.5 Å². The van der Waals surface area contributed by atoms with Gasteiger partial charge in [0.05, 0.1) is 5.60 Å². The summed E-state index contributed by atoms with van der Waals surface area (Å²) in [5.41, 5.74) is 4.68. The highest BCUT2D eigenvalue weighted by Crippen LogP contribution is 2.21. The zero-order valence-electron chi connectivity index (χ0n) is 7.74. The fraction of sp³-hybridized carbons (Fsp3) is 0.714. The number of thioether (sulfide) groups is 1. The number of aliphatic hydroxyl groups is 1. The van der Waals surface area contributed by atoms with Crippen LogP contribution in [0, 0.1) is 0 Å². The van der Waals surface area contributed by atoms with Crippen LogP contribution in [0.15, 0.2) is 5.16 Å². The van der Waals surface area contributed by atoms with Crippen molar-refractivity contribution in [3.8, 4) is 0 Å². The molecule has 1 rings (SSSR count). The Balaban J connectivity index is 2.43. The number of nitrogens with one attached hydrogen (secondary N) is 1. The molecule has 0 saturated heterocycles. The smallest absolute Gasteiger partial charge is 0.216 e. The quantitative estimate of drug-likeness (QED) is 0.624. The first-order chi connectivity index (χ1) is 6.03. The molecule has 13 heavy (non-hydrogen) atoms. The predicted molar refractivity (Wildman–Crippen MR) is 52.4 cm³/mol. The zero-order chi connectivity index (χ0) is 9.90. The minimum atomic E-state index is -0.667. The van der Waals surface area contributed by atoms with Crippen LogP contribution in [0.4, 0.5) is 5.95 Å². The summed E-state index contributed by atoms with van der Waals surface area (Å²) >= 11 is 1.39. The van der Waals surface area contributed by atoms with Crippen LogP contribution < -0.4 is 5.73 Å². The lowest BCUT2D eigenvalue weighted by molar-refractivity contribution is 0.0815. The van der Waals surface area contributed by atoms with Gasteiger partial charge in [0.25, 0.3) is 0 Å². The van der Waals surface area contributed by atoms with Gasteiger partial charge in [-0.15, -0.1) is 5.10 Å². The van der Waals surface area contributed by atoms with Crippen molar-refractivity contribution >= 4 is 17.7 Å². The summed E-state index contributed by atoms with van der Waals surface area (Å²) in [5, 5.41) is 16.6. The minimum absolute atomic E-state index is 0.304. The molecule has 0 aliphatic rings. The maximum absolute atomic E-state index is 9.67. The molecule has 4 N–H and O–H groups in total. The van der Waals surface area contributed by atoms with Crippen LogP contribution in [0.3, 0.4) is 0 Å². The van der Waals surface area contributed by atoms with Gasteiger partial charge in [0, 0.05) is 5.75 Å². The van der Waals surface area contributed by atoms with Gasteiger partial charge >= 0.3 is 0 Å². The first-order valence-electron chi connectivity index (χ1n) is 4.06. The average Bonchev–Trinajstić information content (AvgIpc) is 2.48. The third-order valence-electron chi connectivity index (χ3n) is 1.76. The van der Waals surface area contributed by atoms with E-state index >= 15 is 0 Å². The molecule has 1 aromatic heterocycles. The highest BCUT2D eigenvalue weighted by atomic mass is 32.2. The molecule has 0 spiro atoms. The van der Waals surface area contributed by atoms with E-state index in [4.69, 9.17) is 5.73 Å². The molecule has 0 bridgehead atoms. The van der Waals surface area contributed by atoms with Crippen LogP contribution in [0.5, 0.6) is 0 Å². The maximum Gasteiger partial charge on any atom is 0.216 e. The lowest BCUT2D eigenvalue weighted by Crippen LogP contribution is -2.25. The number of hydrogen-bond acceptors (Lipinski definition) is 5. The topological polar surface area (TPSA) is 87.8 Å². The normalized spacial score (nSPS) is 15.6. The molecule has 0 fully saturated rings. The molecule has 74 valence electrons. The van der Waals surface area contributed by atoms with Crippen molar-refractivity contribution in [3.63, 3.8) is 0 Å². The second kappa shape index (κ2) is 3.97.